The van der Waals surface area contributed by atoms with E-state index in [0.29, 0.717) is 22.5 Å². The van der Waals surface area contributed by atoms with Crippen LogP contribution in [0.5, 0.6) is 0 Å². The fourth-order valence-corrected chi connectivity index (χ4v) is 2.83. The van der Waals surface area contributed by atoms with Gasteiger partial charge in [0.1, 0.15) is 17.2 Å². The summed E-state index contributed by atoms with van der Waals surface area (Å²) < 4.78 is 13.5. The Labute approximate surface area is 148 Å². The molecule has 3 rings (SSSR count). The molecule has 0 unspecified atom stereocenters. The Morgan fingerprint density at radius 3 is 2.32 bits per heavy atom. The van der Waals surface area contributed by atoms with Crippen molar-refractivity contribution in [3.63, 3.8) is 0 Å². The minimum Gasteiger partial charge on any atom is -0.366 e. The molecule has 2 N–H and O–H groups in total. The SMILES string of the molecule is Cc1cc(-c2nnc(N)nc2-c2ccc(F)c(Cl)c2)cc(C)c1C#N. The predicted molar refractivity (Wildman–Crippen MR) is 94.3 cm³/mol. The summed E-state index contributed by atoms with van der Waals surface area (Å²) in [6.07, 6.45) is 0. The standard InChI is InChI=1S/C18H13ClFN5/c1-9-5-12(6-10(2)13(9)8-21)17-16(23-18(22)25-24-17)11-3-4-15(20)14(19)7-11/h3-7H,1-2H3,(H2,22,23,25). The van der Waals surface area contributed by atoms with Crippen molar-refractivity contribution in [2.75, 3.05) is 5.73 Å². The van der Waals surface area contributed by atoms with Crippen molar-refractivity contribution in [2.24, 2.45) is 0 Å². The van der Waals surface area contributed by atoms with Gasteiger partial charge in [0.05, 0.1) is 16.7 Å². The first-order chi connectivity index (χ1) is 11.9. The van der Waals surface area contributed by atoms with Gasteiger partial charge in [-0.25, -0.2) is 9.37 Å². The van der Waals surface area contributed by atoms with Crippen molar-refractivity contribution in [2.45, 2.75) is 13.8 Å². The number of nitriles is 1. The molecule has 0 spiro atoms. The van der Waals surface area contributed by atoms with Gasteiger partial charge in [0.25, 0.3) is 0 Å². The zero-order valence-electron chi connectivity index (χ0n) is 13.5. The van der Waals surface area contributed by atoms with Crippen LogP contribution in [0.4, 0.5) is 10.3 Å². The monoisotopic (exact) mass is 353 g/mol. The van der Waals surface area contributed by atoms with E-state index in [9.17, 15) is 9.65 Å². The number of nitrogens with two attached hydrogens (primary N) is 1. The second-order valence-corrected chi connectivity index (χ2v) is 6.00. The highest BCUT2D eigenvalue weighted by Gasteiger charge is 2.16. The maximum atomic E-state index is 13.5. The average Bonchev–Trinajstić information content (AvgIpc) is 2.57. The summed E-state index contributed by atoms with van der Waals surface area (Å²) in [5.41, 5.74) is 10.2. The molecule has 0 saturated carbocycles. The van der Waals surface area contributed by atoms with Crippen LogP contribution in [-0.4, -0.2) is 15.2 Å². The summed E-state index contributed by atoms with van der Waals surface area (Å²) >= 11 is 5.89. The first kappa shape index (κ1) is 16.8. The van der Waals surface area contributed by atoms with Gasteiger partial charge in [-0.1, -0.05) is 11.6 Å². The van der Waals surface area contributed by atoms with E-state index in [1.54, 1.807) is 6.07 Å². The van der Waals surface area contributed by atoms with E-state index in [4.69, 9.17) is 17.3 Å². The third kappa shape index (κ3) is 3.14. The average molecular weight is 354 g/mol. The van der Waals surface area contributed by atoms with Gasteiger partial charge in [-0.3, -0.25) is 0 Å². The molecule has 25 heavy (non-hydrogen) atoms. The van der Waals surface area contributed by atoms with Gasteiger partial charge in [0.2, 0.25) is 5.95 Å². The maximum absolute atomic E-state index is 13.5. The van der Waals surface area contributed by atoms with Gasteiger partial charge in [0.15, 0.2) is 0 Å². The van der Waals surface area contributed by atoms with Crippen LogP contribution in [0.25, 0.3) is 22.5 Å². The zero-order chi connectivity index (χ0) is 18.1. The van der Waals surface area contributed by atoms with Crippen molar-refractivity contribution >= 4 is 17.5 Å². The lowest BCUT2D eigenvalue weighted by molar-refractivity contribution is 0.628. The largest absolute Gasteiger partial charge is 0.366 e. The van der Waals surface area contributed by atoms with Crippen molar-refractivity contribution in [1.82, 2.24) is 15.2 Å². The minimum absolute atomic E-state index is 0.00119. The lowest BCUT2D eigenvalue weighted by atomic mass is 9.96. The normalized spacial score (nSPS) is 10.5. The Kier molecular flexibility index (Phi) is 4.34. The zero-order valence-corrected chi connectivity index (χ0v) is 14.3. The number of aromatic nitrogens is 3. The molecule has 0 radical (unpaired) electrons. The third-order valence-electron chi connectivity index (χ3n) is 3.81. The molecule has 124 valence electrons. The number of hydrogen-bond acceptors (Lipinski definition) is 5. The molecule has 0 aliphatic rings. The summed E-state index contributed by atoms with van der Waals surface area (Å²) in [5, 5.41) is 17.2. The topological polar surface area (TPSA) is 88.5 Å². The number of aryl methyl sites for hydroxylation is 2. The summed E-state index contributed by atoms with van der Waals surface area (Å²) in [6, 6.07) is 10.1. The molecule has 2 aromatic carbocycles. The molecule has 0 atom stereocenters. The molecule has 0 aliphatic carbocycles. The predicted octanol–water partition coefficient (Wildman–Crippen LogP) is 4.07. The molecule has 0 aliphatic heterocycles. The van der Waals surface area contributed by atoms with Crippen LogP contribution in [0.2, 0.25) is 5.02 Å². The van der Waals surface area contributed by atoms with Gasteiger partial charge < -0.3 is 5.73 Å². The number of halogens is 2. The quantitative estimate of drug-likeness (QED) is 0.750. The van der Waals surface area contributed by atoms with Crippen molar-refractivity contribution in [3.8, 4) is 28.6 Å². The van der Waals surface area contributed by atoms with Crippen LogP contribution in [0, 0.1) is 31.0 Å². The summed E-state index contributed by atoms with van der Waals surface area (Å²) in [4.78, 5) is 4.25. The Bertz CT molecular complexity index is 1000. The minimum atomic E-state index is -0.521. The molecule has 3 aromatic rings. The molecule has 0 bridgehead atoms. The molecule has 7 heteroatoms. The van der Waals surface area contributed by atoms with E-state index in [-0.39, 0.29) is 11.0 Å². The highest BCUT2D eigenvalue weighted by molar-refractivity contribution is 6.31. The van der Waals surface area contributed by atoms with Crippen molar-refractivity contribution in [1.29, 1.82) is 5.26 Å². The Hall–Kier alpha value is -3.04. The number of anilines is 1. The van der Waals surface area contributed by atoms with E-state index in [2.05, 4.69) is 21.3 Å². The molecule has 0 saturated heterocycles. The Morgan fingerprint density at radius 1 is 1.04 bits per heavy atom. The molecular weight excluding hydrogens is 341 g/mol. The first-order valence-electron chi connectivity index (χ1n) is 7.38. The van der Waals surface area contributed by atoms with E-state index < -0.39 is 5.82 Å². The Morgan fingerprint density at radius 2 is 1.72 bits per heavy atom. The molecule has 0 fully saturated rings. The number of hydrogen-bond donors (Lipinski definition) is 1. The van der Waals surface area contributed by atoms with Crippen LogP contribution in [0.1, 0.15) is 16.7 Å². The van der Waals surface area contributed by atoms with Gasteiger partial charge in [-0.15, -0.1) is 10.2 Å². The fraction of sp³-hybridized carbons (Fsp3) is 0.111. The summed E-state index contributed by atoms with van der Waals surface area (Å²) in [7, 11) is 0. The lowest BCUT2D eigenvalue weighted by Gasteiger charge is -2.11. The van der Waals surface area contributed by atoms with Crippen molar-refractivity contribution in [3.05, 3.63) is 57.9 Å². The summed E-state index contributed by atoms with van der Waals surface area (Å²) in [5.74, 6) is -0.520. The molecular formula is C18H13ClFN5. The van der Waals surface area contributed by atoms with Gasteiger partial charge in [0, 0.05) is 11.1 Å². The van der Waals surface area contributed by atoms with Gasteiger partial charge in [-0.2, -0.15) is 5.26 Å². The smallest absolute Gasteiger partial charge is 0.240 e. The van der Waals surface area contributed by atoms with Crippen LogP contribution in [-0.2, 0) is 0 Å². The molecule has 5 nitrogen and oxygen atoms in total. The first-order valence-corrected chi connectivity index (χ1v) is 7.76. The van der Waals surface area contributed by atoms with E-state index >= 15 is 0 Å². The fourth-order valence-electron chi connectivity index (χ4n) is 2.65. The van der Waals surface area contributed by atoms with Crippen LogP contribution < -0.4 is 5.73 Å². The molecule has 1 heterocycles. The number of rotatable bonds is 2. The highest BCUT2D eigenvalue weighted by atomic mass is 35.5. The highest BCUT2D eigenvalue weighted by Crippen LogP contribution is 2.32. The van der Waals surface area contributed by atoms with Gasteiger partial charge >= 0.3 is 0 Å². The number of nitrogens with zero attached hydrogens (tertiary/aromatic N) is 4. The van der Waals surface area contributed by atoms with E-state index in [1.807, 2.05) is 26.0 Å². The second kappa shape index (κ2) is 6.46. The van der Waals surface area contributed by atoms with Gasteiger partial charge in [-0.05, 0) is 55.3 Å². The van der Waals surface area contributed by atoms with Crippen LogP contribution in [0.3, 0.4) is 0 Å². The second-order valence-electron chi connectivity index (χ2n) is 5.59. The number of nitrogen functional groups attached to an aromatic ring is 1. The molecule has 1 aromatic heterocycles. The van der Waals surface area contributed by atoms with Crippen LogP contribution >= 0.6 is 11.6 Å². The number of benzene rings is 2. The summed E-state index contributed by atoms with van der Waals surface area (Å²) in [6.45, 7) is 3.70. The lowest BCUT2D eigenvalue weighted by Crippen LogP contribution is -2.03. The maximum Gasteiger partial charge on any atom is 0.240 e. The van der Waals surface area contributed by atoms with Crippen molar-refractivity contribution < 1.29 is 4.39 Å². The molecule has 0 amide bonds. The van der Waals surface area contributed by atoms with E-state index in [1.165, 1.54) is 12.1 Å². The van der Waals surface area contributed by atoms with E-state index in [0.717, 1.165) is 16.7 Å². The van der Waals surface area contributed by atoms with Crippen LogP contribution in [0.15, 0.2) is 30.3 Å². The third-order valence-corrected chi connectivity index (χ3v) is 4.10. The Balaban J connectivity index is 2.25.